The third-order valence-corrected chi connectivity index (χ3v) is 6.97. The zero-order valence-corrected chi connectivity index (χ0v) is 21.6. The lowest BCUT2D eigenvalue weighted by Crippen LogP contribution is -2.40. The first-order chi connectivity index (χ1) is 18.7. The molecule has 1 N–H and O–H groups in total. The maximum atomic E-state index is 13.7. The Morgan fingerprint density at radius 2 is 1.79 bits per heavy atom. The molecule has 0 bridgehead atoms. The topological polar surface area (TPSA) is 173 Å². The van der Waals surface area contributed by atoms with Gasteiger partial charge in [0.05, 0.1) is 31.0 Å². The SMILES string of the molecule is COc1ccc(N(CC(=O)N/N=C\c2ccc(OCC#N)cc2)S(=O)(=O)c2ccccc2[N+](=O)[O-])c(OC)c1. The fourth-order valence-electron chi connectivity index (χ4n) is 3.35. The summed E-state index contributed by atoms with van der Waals surface area (Å²) in [6.45, 7) is -0.886. The number of hydrogen-bond donors (Lipinski definition) is 1. The summed E-state index contributed by atoms with van der Waals surface area (Å²) in [7, 11) is -1.93. The minimum Gasteiger partial charge on any atom is -0.497 e. The molecular weight excluding hydrogens is 530 g/mol. The van der Waals surface area contributed by atoms with Crippen LogP contribution in [0.2, 0.25) is 0 Å². The van der Waals surface area contributed by atoms with Crippen LogP contribution >= 0.6 is 0 Å². The average molecular weight is 554 g/mol. The van der Waals surface area contributed by atoms with Crippen LogP contribution in [0.25, 0.3) is 0 Å². The van der Waals surface area contributed by atoms with E-state index < -0.39 is 38.0 Å². The van der Waals surface area contributed by atoms with Crippen molar-refractivity contribution in [1.29, 1.82) is 5.26 Å². The van der Waals surface area contributed by atoms with Crippen molar-refractivity contribution in [2.75, 3.05) is 31.7 Å². The number of carbonyl (C=O) groups is 1. The molecule has 3 aromatic rings. The fourth-order valence-corrected chi connectivity index (χ4v) is 4.94. The first-order valence-corrected chi connectivity index (χ1v) is 12.5. The lowest BCUT2D eigenvalue weighted by Gasteiger charge is -2.25. The molecule has 0 atom stereocenters. The normalized spacial score (nSPS) is 10.9. The van der Waals surface area contributed by atoms with Crippen LogP contribution in [0.4, 0.5) is 11.4 Å². The van der Waals surface area contributed by atoms with E-state index in [9.17, 15) is 23.3 Å². The predicted molar refractivity (Wildman–Crippen MR) is 140 cm³/mol. The quantitative estimate of drug-likeness (QED) is 0.201. The number of sulfonamides is 1. The number of hydrogen-bond acceptors (Lipinski definition) is 10. The number of amides is 1. The molecule has 0 aromatic heterocycles. The Kier molecular flexibility index (Phi) is 9.38. The van der Waals surface area contributed by atoms with Gasteiger partial charge in [-0.05, 0) is 48.0 Å². The second kappa shape index (κ2) is 12.9. The summed E-state index contributed by atoms with van der Waals surface area (Å²) in [5, 5.41) is 24.0. The van der Waals surface area contributed by atoms with Gasteiger partial charge >= 0.3 is 0 Å². The van der Waals surface area contributed by atoms with Crippen molar-refractivity contribution >= 4 is 33.5 Å². The summed E-state index contributed by atoms with van der Waals surface area (Å²) >= 11 is 0. The molecule has 0 saturated carbocycles. The van der Waals surface area contributed by atoms with E-state index >= 15 is 0 Å². The Labute approximate surface area is 224 Å². The molecule has 39 heavy (non-hydrogen) atoms. The van der Waals surface area contributed by atoms with Crippen LogP contribution in [0.15, 0.2) is 76.7 Å². The van der Waals surface area contributed by atoms with E-state index in [2.05, 4.69) is 10.5 Å². The van der Waals surface area contributed by atoms with Gasteiger partial charge in [0.25, 0.3) is 21.6 Å². The molecule has 3 aromatic carbocycles. The van der Waals surface area contributed by atoms with Crippen LogP contribution in [0.1, 0.15) is 5.56 Å². The van der Waals surface area contributed by atoms with E-state index in [1.807, 2.05) is 6.07 Å². The van der Waals surface area contributed by atoms with Crippen LogP contribution in [-0.4, -0.2) is 52.8 Å². The average Bonchev–Trinajstić information content (AvgIpc) is 2.95. The first-order valence-electron chi connectivity index (χ1n) is 11.1. The highest BCUT2D eigenvalue weighted by molar-refractivity contribution is 7.93. The summed E-state index contributed by atoms with van der Waals surface area (Å²) in [6, 6.07) is 17.4. The van der Waals surface area contributed by atoms with Gasteiger partial charge in [0.1, 0.15) is 29.9 Å². The summed E-state index contributed by atoms with van der Waals surface area (Å²) in [6.07, 6.45) is 1.32. The standard InChI is InChI=1S/C25H23N5O8S/c1-36-20-11-12-21(23(15-20)37-2)29(39(34,35)24-6-4-3-5-22(24)30(32)33)17-25(31)28-27-16-18-7-9-19(10-8-18)38-14-13-26/h3-12,15-16H,14,17H2,1-2H3,(H,28,31)/b27-16-. The molecule has 0 radical (unpaired) electrons. The lowest BCUT2D eigenvalue weighted by atomic mass is 10.2. The van der Waals surface area contributed by atoms with E-state index in [4.69, 9.17) is 19.5 Å². The molecular formula is C25H23N5O8S. The number of hydrazone groups is 1. The van der Waals surface area contributed by atoms with E-state index in [1.165, 1.54) is 50.8 Å². The second-order valence-electron chi connectivity index (χ2n) is 7.58. The highest BCUT2D eigenvalue weighted by Gasteiger charge is 2.34. The van der Waals surface area contributed by atoms with Crippen molar-refractivity contribution in [1.82, 2.24) is 5.43 Å². The Hall–Kier alpha value is -5.16. The zero-order chi connectivity index (χ0) is 28.4. The van der Waals surface area contributed by atoms with Crippen LogP contribution in [0, 0.1) is 21.4 Å². The third kappa shape index (κ3) is 6.99. The molecule has 1 amide bonds. The van der Waals surface area contributed by atoms with E-state index in [1.54, 1.807) is 24.3 Å². The van der Waals surface area contributed by atoms with Gasteiger partial charge in [-0.3, -0.25) is 19.2 Å². The van der Waals surface area contributed by atoms with Crippen molar-refractivity contribution in [3.05, 3.63) is 82.4 Å². The van der Waals surface area contributed by atoms with Gasteiger partial charge in [-0.15, -0.1) is 0 Å². The number of nitro groups is 1. The summed E-state index contributed by atoms with van der Waals surface area (Å²) in [4.78, 5) is 23.0. The zero-order valence-electron chi connectivity index (χ0n) is 20.8. The highest BCUT2D eigenvalue weighted by Crippen LogP contribution is 2.37. The number of benzene rings is 3. The van der Waals surface area contributed by atoms with E-state index in [0.717, 1.165) is 12.1 Å². The molecule has 0 aliphatic heterocycles. The monoisotopic (exact) mass is 553 g/mol. The van der Waals surface area contributed by atoms with Crippen LogP contribution in [0.3, 0.4) is 0 Å². The number of nitriles is 1. The summed E-state index contributed by atoms with van der Waals surface area (Å²) in [5.41, 5.74) is 2.13. The van der Waals surface area contributed by atoms with Crippen molar-refractivity contribution in [2.24, 2.45) is 5.10 Å². The summed E-state index contributed by atoms with van der Waals surface area (Å²) < 4.78 is 43.7. The van der Waals surface area contributed by atoms with Gasteiger partial charge in [-0.25, -0.2) is 13.8 Å². The predicted octanol–water partition coefficient (Wildman–Crippen LogP) is 2.86. The van der Waals surface area contributed by atoms with Crippen molar-refractivity contribution in [3.63, 3.8) is 0 Å². The number of nitrogens with one attached hydrogen (secondary N) is 1. The molecule has 3 rings (SSSR count). The number of para-hydroxylation sites is 1. The molecule has 0 unspecified atom stereocenters. The highest BCUT2D eigenvalue weighted by atomic mass is 32.2. The number of nitrogens with zero attached hydrogens (tertiary/aromatic N) is 4. The minimum absolute atomic E-state index is 0.0477. The number of rotatable bonds is 12. The Balaban J connectivity index is 1.92. The van der Waals surface area contributed by atoms with Crippen molar-refractivity contribution in [2.45, 2.75) is 4.90 Å². The van der Waals surface area contributed by atoms with Crippen LogP contribution in [0.5, 0.6) is 17.2 Å². The molecule has 0 aliphatic rings. The molecule has 0 heterocycles. The smallest absolute Gasteiger partial charge is 0.289 e. The Bertz CT molecular complexity index is 1520. The molecule has 14 heteroatoms. The molecule has 0 fully saturated rings. The number of ether oxygens (including phenoxy) is 3. The maximum absolute atomic E-state index is 13.7. The molecule has 13 nitrogen and oxygen atoms in total. The third-order valence-electron chi connectivity index (χ3n) is 5.16. The summed E-state index contributed by atoms with van der Waals surface area (Å²) in [5.74, 6) is 0.0468. The van der Waals surface area contributed by atoms with Gasteiger partial charge in [-0.2, -0.15) is 10.4 Å². The van der Waals surface area contributed by atoms with Crippen LogP contribution < -0.4 is 23.9 Å². The second-order valence-corrected chi connectivity index (χ2v) is 9.41. The first kappa shape index (κ1) is 28.4. The largest absolute Gasteiger partial charge is 0.497 e. The number of anilines is 1. The fraction of sp³-hybridized carbons (Fsp3) is 0.160. The van der Waals surface area contributed by atoms with Gasteiger partial charge in [0, 0.05) is 12.1 Å². The molecule has 0 saturated heterocycles. The van der Waals surface area contributed by atoms with Crippen molar-refractivity contribution in [3.8, 4) is 23.3 Å². The molecule has 202 valence electrons. The van der Waals surface area contributed by atoms with E-state index in [0.29, 0.717) is 21.4 Å². The number of nitro benzene ring substituents is 1. The number of carbonyl (C=O) groups excluding carboxylic acids is 1. The van der Waals surface area contributed by atoms with Crippen molar-refractivity contribution < 1.29 is 32.3 Å². The van der Waals surface area contributed by atoms with E-state index in [-0.39, 0.29) is 18.0 Å². The van der Waals surface area contributed by atoms with Gasteiger partial charge in [0.15, 0.2) is 11.5 Å². The lowest BCUT2D eigenvalue weighted by molar-refractivity contribution is -0.387. The Morgan fingerprint density at radius 3 is 2.44 bits per heavy atom. The van der Waals surface area contributed by atoms with Gasteiger partial charge < -0.3 is 14.2 Å². The van der Waals surface area contributed by atoms with Gasteiger partial charge in [0.2, 0.25) is 0 Å². The molecule has 0 spiro atoms. The number of methoxy groups -OCH3 is 2. The van der Waals surface area contributed by atoms with Crippen LogP contribution in [-0.2, 0) is 14.8 Å². The maximum Gasteiger partial charge on any atom is 0.289 e. The Morgan fingerprint density at radius 1 is 1.10 bits per heavy atom. The molecule has 0 aliphatic carbocycles. The van der Waals surface area contributed by atoms with Gasteiger partial charge in [-0.1, -0.05) is 12.1 Å². The minimum atomic E-state index is -4.65.